The molecule has 1 N–H and O–H groups in total. The summed E-state index contributed by atoms with van der Waals surface area (Å²) < 4.78 is 0. The first kappa shape index (κ1) is 19.6. The van der Waals surface area contributed by atoms with E-state index in [0.29, 0.717) is 24.3 Å². The number of alkyl halides is 1. The number of nitrogens with one attached hydrogen (secondary N) is 1. The molecule has 0 saturated carbocycles. The van der Waals surface area contributed by atoms with E-state index in [0.717, 1.165) is 31.6 Å². The van der Waals surface area contributed by atoms with Gasteiger partial charge in [-0.3, -0.25) is 9.59 Å². The molecule has 0 aliphatic carbocycles. The van der Waals surface area contributed by atoms with Crippen molar-refractivity contribution in [3.05, 3.63) is 23.8 Å². The van der Waals surface area contributed by atoms with Crippen molar-refractivity contribution < 1.29 is 9.59 Å². The number of halogens is 1. The fraction of sp³-hybridized carbons (Fsp3) is 0.579. The smallest absolute Gasteiger partial charge is 0.256 e. The van der Waals surface area contributed by atoms with Crippen molar-refractivity contribution in [2.45, 2.75) is 45.4 Å². The number of anilines is 2. The van der Waals surface area contributed by atoms with Crippen LogP contribution in [-0.2, 0) is 4.79 Å². The second kappa shape index (κ2) is 9.09. The zero-order chi connectivity index (χ0) is 18.4. The van der Waals surface area contributed by atoms with Crippen LogP contribution in [0.4, 0.5) is 11.4 Å². The highest BCUT2D eigenvalue weighted by atomic mass is 35.5. The zero-order valence-electron chi connectivity index (χ0n) is 15.3. The standard InChI is InChI=1S/C19H28ClN3O2/c1-4-22(5-2)19(25)16-13-15(21-18(24)14(3)20)9-10-17(16)23-11-7-6-8-12-23/h9-10,13-14H,4-8,11-12H2,1-3H3,(H,21,24)/t14-/m1/s1. The van der Waals surface area contributed by atoms with E-state index >= 15 is 0 Å². The molecule has 2 rings (SSSR count). The minimum absolute atomic E-state index is 0.000550. The Labute approximate surface area is 155 Å². The summed E-state index contributed by atoms with van der Waals surface area (Å²) in [5.74, 6) is -0.269. The van der Waals surface area contributed by atoms with Gasteiger partial charge in [-0.15, -0.1) is 11.6 Å². The van der Waals surface area contributed by atoms with E-state index in [1.54, 1.807) is 17.9 Å². The molecule has 0 aromatic heterocycles. The van der Waals surface area contributed by atoms with Gasteiger partial charge >= 0.3 is 0 Å². The van der Waals surface area contributed by atoms with E-state index in [2.05, 4.69) is 10.2 Å². The molecule has 2 amide bonds. The molecule has 1 aromatic carbocycles. The van der Waals surface area contributed by atoms with Crippen LogP contribution in [0.25, 0.3) is 0 Å². The summed E-state index contributed by atoms with van der Waals surface area (Å²) in [6.07, 6.45) is 3.51. The predicted molar refractivity (Wildman–Crippen MR) is 104 cm³/mol. The summed E-state index contributed by atoms with van der Waals surface area (Å²) in [6, 6.07) is 5.57. The van der Waals surface area contributed by atoms with E-state index in [-0.39, 0.29) is 11.8 Å². The summed E-state index contributed by atoms with van der Waals surface area (Å²) in [7, 11) is 0. The molecular formula is C19H28ClN3O2. The Morgan fingerprint density at radius 2 is 1.84 bits per heavy atom. The van der Waals surface area contributed by atoms with Crippen molar-refractivity contribution in [2.75, 3.05) is 36.4 Å². The van der Waals surface area contributed by atoms with Gasteiger partial charge in [0.2, 0.25) is 5.91 Å². The second-order valence-electron chi connectivity index (χ2n) is 6.36. The average Bonchev–Trinajstić information content (AvgIpc) is 2.63. The Morgan fingerprint density at radius 1 is 1.20 bits per heavy atom. The van der Waals surface area contributed by atoms with Crippen LogP contribution < -0.4 is 10.2 Å². The van der Waals surface area contributed by atoms with E-state index in [4.69, 9.17) is 11.6 Å². The van der Waals surface area contributed by atoms with Crippen LogP contribution in [0.1, 0.15) is 50.4 Å². The van der Waals surface area contributed by atoms with Crippen LogP contribution in [0.5, 0.6) is 0 Å². The van der Waals surface area contributed by atoms with Crippen molar-refractivity contribution in [1.82, 2.24) is 4.90 Å². The number of piperidine rings is 1. The summed E-state index contributed by atoms with van der Waals surface area (Å²) in [5, 5.41) is 2.16. The molecule has 25 heavy (non-hydrogen) atoms. The van der Waals surface area contributed by atoms with Gasteiger partial charge in [0, 0.05) is 37.6 Å². The number of hydrogen-bond donors (Lipinski definition) is 1. The Hall–Kier alpha value is -1.75. The summed E-state index contributed by atoms with van der Waals surface area (Å²) in [6.45, 7) is 8.81. The van der Waals surface area contributed by atoms with Gasteiger partial charge in [0.1, 0.15) is 5.38 Å². The lowest BCUT2D eigenvalue weighted by Gasteiger charge is -2.31. The van der Waals surface area contributed by atoms with E-state index < -0.39 is 5.38 Å². The number of rotatable bonds is 6. The molecule has 1 heterocycles. The van der Waals surface area contributed by atoms with Crippen LogP contribution in [0, 0.1) is 0 Å². The number of benzene rings is 1. The van der Waals surface area contributed by atoms with Crippen LogP contribution >= 0.6 is 11.6 Å². The molecular weight excluding hydrogens is 338 g/mol. The summed E-state index contributed by atoms with van der Waals surface area (Å²) in [4.78, 5) is 29.0. The Kier molecular flexibility index (Phi) is 7.12. The van der Waals surface area contributed by atoms with E-state index in [1.165, 1.54) is 6.42 Å². The third kappa shape index (κ3) is 4.88. The largest absolute Gasteiger partial charge is 0.371 e. The number of nitrogens with zero attached hydrogens (tertiary/aromatic N) is 2. The normalized spacial score (nSPS) is 15.6. The molecule has 0 bridgehead atoms. The molecule has 0 radical (unpaired) electrons. The molecule has 0 unspecified atom stereocenters. The SMILES string of the molecule is CCN(CC)C(=O)c1cc(NC(=O)[C@@H](C)Cl)ccc1N1CCCCC1. The summed E-state index contributed by atoms with van der Waals surface area (Å²) >= 11 is 5.83. The third-order valence-electron chi connectivity index (χ3n) is 4.60. The lowest BCUT2D eigenvalue weighted by Crippen LogP contribution is -2.35. The number of hydrogen-bond acceptors (Lipinski definition) is 3. The molecule has 5 nitrogen and oxygen atoms in total. The van der Waals surface area contributed by atoms with Gasteiger partial charge in [-0.2, -0.15) is 0 Å². The van der Waals surface area contributed by atoms with Crippen LogP contribution in [0.3, 0.4) is 0 Å². The van der Waals surface area contributed by atoms with Crippen molar-refractivity contribution in [3.8, 4) is 0 Å². The highest BCUT2D eigenvalue weighted by Gasteiger charge is 2.22. The minimum atomic E-state index is -0.622. The first-order valence-corrected chi connectivity index (χ1v) is 9.54. The van der Waals surface area contributed by atoms with Crippen molar-refractivity contribution in [2.24, 2.45) is 0 Å². The third-order valence-corrected chi connectivity index (χ3v) is 4.80. The maximum absolute atomic E-state index is 13.0. The first-order valence-electron chi connectivity index (χ1n) is 9.11. The van der Waals surface area contributed by atoms with Crippen molar-refractivity contribution >= 4 is 34.8 Å². The minimum Gasteiger partial charge on any atom is -0.371 e. The van der Waals surface area contributed by atoms with Gasteiger partial charge in [-0.1, -0.05) is 0 Å². The van der Waals surface area contributed by atoms with Gasteiger partial charge in [-0.05, 0) is 58.2 Å². The Morgan fingerprint density at radius 3 is 2.40 bits per heavy atom. The van der Waals surface area contributed by atoms with Crippen LogP contribution in [-0.4, -0.2) is 48.3 Å². The highest BCUT2D eigenvalue weighted by molar-refractivity contribution is 6.32. The number of amides is 2. The summed E-state index contributed by atoms with van der Waals surface area (Å²) in [5.41, 5.74) is 2.20. The topological polar surface area (TPSA) is 52.7 Å². The van der Waals surface area contributed by atoms with Gasteiger partial charge < -0.3 is 15.1 Å². The lowest BCUT2D eigenvalue weighted by molar-refractivity contribution is -0.115. The van der Waals surface area contributed by atoms with Crippen LogP contribution in [0.15, 0.2) is 18.2 Å². The number of carbonyl (C=O) groups is 2. The Bertz CT molecular complexity index is 609. The predicted octanol–water partition coefficient (Wildman–Crippen LogP) is 3.72. The highest BCUT2D eigenvalue weighted by Crippen LogP contribution is 2.28. The quantitative estimate of drug-likeness (QED) is 0.781. The van der Waals surface area contributed by atoms with Crippen molar-refractivity contribution in [1.29, 1.82) is 0 Å². The zero-order valence-corrected chi connectivity index (χ0v) is 16.1. The molecule has 138 valence electrons. The molecule has 1 aromatic rings. The molecule has 6 heteroatoms. The van der Waals surface area contributed by atoms with Gasteiger partial charge in [0.15, 0.2) is 0 Å². The molecule has 1 atom stereocenters. The van der Waals surface area contributed by atoms with E-state index in [1.807, 2.05) is 26.0 Å². The fourth-order valence-corrected chi connectivity index (χ4v) is 3.17. The maximum Gasteiger partial charge on any atom is 0.256 e. The van der Waals surface area contributed by atoms with E-state index in [9.17, 15) is 9.59 Å². The van der Waals surface area contributed by atoms with Crippen molar-refractivity contribution in [3.63, 3.8) is 0 Å². The molecule has 1 saturated heterocycles. The van der Waals surface area contributed by atoms with Crippen LogP contribution in [0.2, 0.25) is 0 Å². The lowest BCUT2D eigenvalue weighted by atomic mass is 10.0. The van der Waals surface area contributed by atoms with Gasteiger partial charge in [-0.25, -0.2) is 0 Å². The van der Waals surface area contributed by atoms with Gasteiger partial charge in [0.05, 0.1) is 5.56 Å². The van der Waals surface area contributed by atoms with Gasteiger partial charge in [0.25, 0.3) is 5.91 Å². The first-order chi connectivity index (χ1) is 12.0. The second-order valence-corrected chi connectivity index (χ2v) is 7.02. The monoisotopic (exact) mass is 365 g/mol. The molecule has 1 fully saturated rings. The molecule has 0 spiro atoms. The number of carbonyl (C=O) groups excluding carboxylic acids is 2. The average molecular weight is 366 g/mol. The molecule has 1 aliphatic heterocycles. The maximum atomic E-state index is 13.0. The fourth-order valence-electron chi connectivity index (χ4n) is 3.12. The Balaban J connectivity index is 2.37. The molecule has 1 aliphatic rings.